The summed E-state index contributed by atoms with van der Waals surface area (Å²) in [6.45, 7) is 6.44. The minimum Gasteiger partial charge on any atom is -0.351 e. The molecule has 1 saturated heterocycles. The van der Waals surface area contributed by atoms with Crippen molar-refractivity contribution in [1.29, 1.82) is 0 Å². The van der Waals surface area contributed by atoms with Crippen LogP contribution in [0.2, 0.25) is 0 Å². The largest absolute Gasteiger partial charge is 0.351 e. The van der Waals surface area contributed by atoms with Gasteiger partial charge in [-0.2, -0.15) is 0 Å². The maximum atomic E-state index is 12.5. The molecule has 1 amide bonds. The predicted molar refractivity (Wildman–Crippen MR) is 69.8 cm³/mol. The van der Waals surface area contributed by atoms with Crippen molar-refractivity contribution >= 4 is 5.91 Å². The van der Waals surface area contributed by atoms with Crippen molar-refractivity contribution in [3.05, 3.63) is 0 Å². The Hall–Kier alpha value is -0.570. The molecule has 2 N–H and O–H groups in total. The Balaban J connectivity index is 1.95. The molecule has 1 saturated carbocycles. The molecule has 3 nitrogen and oxygen atoms in total. The Morgan fingerprint density at radius 2 is 2.12 bits per heavy atom. The molecule has 0 aromatic rings. The molecule has 2 unspecified atom stereocenters. The summed E-state index contributed by atoms with van der Waals surface area (Å²) in [6.07, 6.45) is 6.78. The summed E-state index contributed by atoms with van der Waals surface area (Å²) >= 11 is 0. The molecule has 2 rings (SSSR count). The van der Waals surface area contributed by atoms with E-state index >= 15 is 0 Å². The van der Waals surface area contributed by atoms with Gasteiger partial charge in [0.25, 0.3) is 0 Å². The van der Waals surface area contributed by atoms with Crippen LogP contribution in [0.15, 0.2) is 0 Å². The van der Waals surface area contributed by atoms with Crippen LogP contribution < -0.4 is 10.6 Å². The van der Waals surface area contributed by atoms with E-state index in [1.165, 1.54) is 19.3 Å². The van der Waals surface area contributed by atoms with Crippen molar-refractivity contribution in [3.63, 3.8) is 0 Å². The fourth-order valence-electron chi connectivity index (χ4n) is 3.30. The lowest BCUT2D eigenvalue weighted by atomic mass is 9.81. The highest BCUT2D eigenvalue weighted by molar-refractivity contribution is 5.83. The van der Waals surface area contributed by atoms with Crippen LogP contribution in [0.3, 0.4) is 0 Å². The van der Waals surface area contributed by atoms with E-state index in [1.807, 2.05) is 0 Å². The summed E-state index contributed by atoms with van der Waals surface area (Å²) in [5.74, 6) is 0.925. The minimum atomic E-state index is -0.0445. The van der Waals surface area contributed by atoms with E-state index < -0.39 is 0 Å². The van der Waals surface area contributed by atoms with Gasteiger partial charge in [0.1, 0.15) is 0 Å². The molecular formula is C14H26N2O. The third-order valence-electron chi connectivity index (χ3n) is 4.86. The molecule has 0 bridgehead atoms. The Labute approximate surface area is 105 Å². The molecule has 3 heteroatoms. The summed E-state index contributed by atoms with van der Waals surface area (Å²) in [7, 11) is 0. The SMILES string of the molecule is CCC1(C(=O)NC2CNCCC2C)CCCC1. The average Bonchev–Trinajstić information content (AvgIpc) is 2.82. The van der Waals surface area contributed by atoms with Gasteiger partial charge in [-0.05, 0) is 38.1 Å². The Bertz CT molecular complexity index is 271. The van der Waals surface area contributed by atoms with Crippen LogP contribution in [-0.4, -0.2) is 25.0 Å². The summed E-state index contributed by atoms with van der Waals surface area (Å²) in [5.41, 5.74) is -0.0445. The summed E-state index contributed by atoms with van der Waals surface area (Å²) in [4.78, 5) is 12.5. The van der Waals surface area contributed by atoms with Gasteiger partial charge < -0.3 is 10.6 Å². The molecule has 1 heterocycles. The first-order valence-electron chi connectivity index (χ1n) is 7.19. The summed E-state index contributed by atoms with van der Waals surface area (Å²) in [6, 6.07) is 0.334. The summed E-state index contributed by atoms with van der Waals surface area (Å²) < 4.78 is 0. The van der Waals surface area contributed by atoms with Crippen LogP contribution in [0.5, 0.6) is 0 Å². The Kier molecular flexibility index (Phi) is 4.08. The highest BCUT2D eigenvalue weighted by Gasteiger charge is 2.40. The minimum absolute atomic E-state index is 0.0445. The monoisotopic (exact) mass is 238 g/mol. The molecule has 0 spiro atoms. The average molecular weight is 238 g/mol. The van der Waals surface area contributed by atoms with Crippen LogP contribution in [0, 0.1) is 11.3 Å². The fourth-order valence-corrected chi connectivity index (χ4v) is 3.30. The maximum absolute atomic E-state index is 12.5. The van der Waals surface area contributed by atoms with E-state index in [2.05, 4.69) is 24.5 Å². The van der Waals surface area contributed by atoms with Crippen molar-refractivity contribution < 1.29 is 4.79 Å². The summed E-state index contributed by atoms with van der Waals surface area (Å²) in [5, 5.41) is 6.68. The first-order valence-corrected chi connectivity index (χ1v) is 7.19. The van der Waals surface area contributed by atoms with Crippen molar-refractivity contribution in [3.8, 4) is 0 Å². The van der Waals surface area contributed by atoms with E-state index in [4.69, 9.17) is 0 Å². The van der Waals surface area contributed by atoms with Crippen LogP contribution in [0.25, 0.3) is 0 Å². The van der Waals surface area contributed by atoms with E-state index in [9.17, 15) is 4.79 Å². The zero-order valence-corrected chi connectivity index (χ0v) is 11.2. The van der Waals surface area contributed by atoms with Gasteiger partial charge >= 0.3 is 0 Å². The van der Waals surface area contributed by atoms with Gasteiger partial charge in [0.15, 0.2) is 0 Å². The third-order valence-corrected chi connectivity index (χ3v) is 4.86. The predicted octanol–water partition coefficient (Wildman–Crippen LogP) is 2.07. The van der Waals surface area contributed by atoms with Crippen molar-refractivity contribution in [2.45, 2.75) is 58.4 Å². The first kappa shape index (κ1) is 12.9. The van der Waals surface area contributed by atoms with Crippen molar-refractivity contribution in [2.24, 2.45) is 11.3 Å². The Morgan fingerprint density at radius 1 is 1.41 bits per heavy atom. The molecular weight excluding hydrogens is 212 g/mol. The number of rotatable bonds is 3. The molecule has 98 valence electrons. The number of piperidine rings is 1. The molecule has 1 aliphatic carbocycles. The standard InChI is InChI=1S/C14H26N2O/c1-3-14(7-4-5-8-14)13(17)16-12-10-15-9-6-11(12)2/h11-12,15H,3-10H2,1-2H3,(H,16,17). The highest BCUT2D eigenvalue weighted by Crippen LogP contribution is 2.41. The third kappa shape index (κ3) is 2.65. The van der Waals surface area contributed by atoms with Crippen molar-refractivity contribution in [1.82, 2.24) is 10.6 Å². The molecule has 0 aromatic heterocycles. The van der Waals surface area contributed by atoms with Gasteiger partial charge in [-0.25, -0.2) is 0 Å². The quantitative estimate of drug-likeness (QED) is 0.790. The number of hydrogen-bond donors (Lipinski definition) is 2. The molecule has 2 fully saturated rings. The molecule has 17 heavy (non-hydrogen) atoms. The van der Waals surface area contributed by atoms with E-state index in [1.54, 1.807) is 0 Å². The van der Waals surface area contributed by atoms with Gasteiger partial charge in [0.2, 0.25) is 5.91 Å². The number of amides is 1. The molecule has 2 aliphatic rings. The smallest absolute Gasteiger partial charge is 0.226 e. The van der Waals surface area contributed by atoms with Crippen LogP contribution in [0.1, 0.15) is 52.4 Å². The number of carbonyl (C=O) groups excluding carboxylic acids is 1. The number of carbonyl (C=O) groups is 1. The van der Waals surface area contributed by atoms with Gasteiger partial charge in [-0.15, -0.1) is 0 Å². The van der Waals surface area contributed by atoms with E-state index in [0.717, 1.165) is 32.4 Å². The van der Waals surface area contributed by atoms with E-state index in [-0.39, 0.29) is 5.41 Å². The van der Waals surface area contributed by atoms with Gasteiger partial charge in [-0.1, -0.05) is 26.7 Å². The highest BCUT2D eigenvalue weighted by atomic mass is 16.2. The van der Waals surface area contributed by atoms with E-state index in [0.29, 0.717) is 17.9 Å². The maximum Gasteiger partial charge on any atom is 0.226 e. The topological polar surface area (TPSA) is 41.1 Å². The second kappa shape index (κ2) is 5.38. The van der Waals surface area contributed by atoms with Crippen LogP contribution in [-0.2, 0) is 4.79 Å². The lowest BCUT2D eigenvalue weighted by Crippen LogP contribution is -2.53. The van der Waals surface area contributed by atoms with Gasteiger partial charge in [-0.3, -0.25) is 4.79 Å². The lowest BCUT2D eigenvalue weighted by molar-refractivity contribution is -0.132. The van der Waals surface area contributed by atoms with Crippen LogP contribution in [0.4, 0.5) is 0 Å². The van der Waals surface area contributed by atoms with Gasteiger partial charge in [0, 0.05) is 18.0 Å². The molecule has 1 aliphatic heterocycles. The van der Waals surface area contributed by atoms with Crippen LogP contribution >= 0.6 is 0 Å². The lowest BCUT2D eigenvalue weighted by Gasteiger charge is -2.34. The number of nitrogens with one attached hydrogen (secondary N) is 2. The first-order chi connectivity index (χ1) is 8.18. The molecule has 0 radical (unpaired) electrons. The fraction of sp³-hybridized carbons (Fsp3) is 0.929. The zero-order chi connectivity index (χ0) is 12.3. The Morgan fingerprint density at radius 3 is 2.71 bits per heavy atom. The second-order valence-electron chi connectivity index (χ2n) is 5.89. The second-order valence-corrected chi connectivity index (χ2v) is 5.89. The zero-order valence-electron chi connectivity index (χ0n) is 11.2. The molecule has 0 aromatic carbocycles. The molecule has 2 atom stereocenters. The van der Waals surface area contributed by atoms with Gasteiger partial charge in [0.05, 0.1) is 0 Å². The number of hydrogen-bond acceptors (Lipinski definition) is 2. The normalized spacial score (nSPS) is 32.4. The van der Waals surface area contributed by atoms with Crippen molar-refractivity contribution in [2.75, 3.05) is 13.1 Å².